The van der Waals surface area contributed by atoms with Crippen LogP contribution in [0, 0.1) is 0 Å². The number of thioether (sulfide) groups is 1. The summed E-state index contributed by atoms with van der Waals surface area (Å²) in [7, 11) is 3.54. The van der Waals surface area contributed by atoms with Crippen molar-refractivity contribution in [2.45, 2.75) is 24.3 Å². The molecule has 0 N–H and O–H groups in total. The standard InChI is InChI=1S/C23H25NO2S/c1-16(18-7-8-20-14-21(26-3)10-9-19(20)13-18)23(25)24(2)15-17-5-11-22(27-4)12-6-17/h5-14,16H,15H2,1-4H3/t16-/m1/s1. The Hall–Kier alpha value is -2.46. The fraction of sp³-hybridized carbons (Fsp3) is 0.261. The van der Waals surface area contributed by atoms with Crippen molar-refractivity contribution in [3.8, 4) is 5.75 Å². The molecule has 3 aromatic rings. The van der Waals surface area contributed by atoms with Crippen LogP contribution in [0.2, 0.25) is 0 Å². The average molecular weight is 380 g/mol. The highest BCUT2D eigenvalue weighted by atomic mass is 32.2. The molecule has 0 aromatic heterocycles. The smallest absolute Gasteiger partial charge is 0.229 e. The van der Waals surface area contributed by atoms with Gasteiger partial charge in [-0.3, -0.25) is 4.79 Å². The molecule has 3 rings (SSSR count). The number of nitrogens with zero attached hydrogens (tertiary/aromatic N) is 1. The highest BCUT2D eigenvalue weighted by Gasteiger charge is 2.19. The van der Waals surface area contributed by atoms with Crippen LogP contribution in [0.5, 0.6) is 5.75 Å². The van der Waals surface area contributed by atoms with Crippen LogP contribution in [0.25, 0.3) is 10.8 Å². The maximum absolute atomic E-state index is 12.9. The summed E-state index contributed by atoms with van der Waals surface area (Å²) >= 11 is 1.72. The van der Waals surface area contributed by atoms with E-state index in [0.717, 1.165) is 27.6 Å². The van der Waals surface area contributed by atoms with Crippen LogP contribution < -0.4 is 4.74 Å². The van der Waals surface area contributed by atoms with E-state index in [1.807, 2.05) is 38.2 Å². The molecule has 0 unspecified atom stereocenters. The molecule has 0 heterocycles. The number of benzene rings is 3. The Morgan fingerprint density at radius 1 is 1.04 bits per heavy atom. The Bertz CT molecular complexity index is 937. The molecule has 0 spiro atoms. The third-order valence-corrected chi connectivity index (χ3v) is 5.64. The van der Waals surface area contributed by atoms with Gasteiger partial charge in [0.2, 0.25) is 5.91 Å². The summed E-state index contributed by atoms with van der Waals surface area (Å²) in [4.78, 5) is 15.9. The van der Waals surface area contributed by atoms with Gasteiger partial charge in [-0.15, -0.1) is 11.8 Å². The van der Waals surface area contributed by atoms with Crippen LogP contribution >= 0.6 is 11.8 Å². The molecule has 0 fully saturated rings. The molecule has 0 aliphatic heterocycles. The summed E-state index contributed by atoms with van der Waals surface area (Å²) in [6.45, 7) is 2.59. The van der Waals surface area contributed by atoms with E-state index in [1.54, 1.807) is 23.8 Å². The molecule has 0 bridgehead atoms. The number of carbonyl (C=O) groups is 1. The van der Waals surface area contributed by atoms with Crippen LogP contribution in [0.4, 0.5) is 0 Å². The predicted molar refractivity (Wildman–Crippen MR) is 114 cm³/mol. The van der Waals surface area contributed by atoms with E-state index in [0.29, 0.717) is 6.54 Å². The molecule has 0 aliphatic carbocycles. The van der Waals surface area contributed by atoms with Crippen LogP contribution in [0.3, 0.4) is 0 Å². The van der Waals surface area contributed by atoms with E-state index in [4.69, 9.17) is 4.74 Å². The SMILES string of the molecule is COc1ccc2cc([C@@H](C)C(=O)N(C)Cc3ccc(SC)cc3)ccc2c1. The zero-order chi connectivity index (χ0) is 19.4. The number of rotatable bonds is 6. The molecular formula is C23H25NO2S. The Balaban J connectivity index is 1.74. The first-order chi connectivity index (χ1) is 13.0. The van der Waals surface area contributed by atoms with Crippen molar-refractivity contribution in [3.63, 3.8) is 0 Å². The molecule has 27 heavy (non-hydrogen) atoms. The molecule has 0 aliphatic rings. The predicted octanol–water partition coefficient (Wildman–Crippen LogP) is 5.33. The molecule has 3 aromatic carbocycles. The first-order valence-electron chi connectivity index (χ1n) is 8.97. The Morgan fingerprint density at radius 3 is 2.37 bits per heavy atom. The van der Waals surface area contributed by atoms with Gasteiger partial charge >= 0.3 is 0 Å². The lowest BCUT2D eigenvalue weighted by molar-refractivity contribution is -0.131. The van der Waals surface area contributed by atoms with Crippen molar-refractivity contribution in [2.75, 3.05) is 20.4 Å². The normalized spacial score (nSPS) is 12.0. The first kappa shape index (κ1) is 19.3. The molecular weight excluding hydrogens is 354 g/mol. The summed E-state index contributed by atoms with van der Waals surface area (Å²) < 4.78 is 5.28. The van der Waals surface area contributed by atoms with Crippen molar-refractivity contribution in [1.29, 1.82) is 0 Å². The van der Waals surface area contributed by atoms with Crippen LogP contribution in [0.1, 0.15) is 24.0 Å². The van der Waals surface area contributed by atoms with Crippen LogP contribution in [-0.2, 0) is 11.3 Å². The van der Waals surface area contributed by atoms with E-state index < -0.39 is 0 Å². The maximum Gasteiger partial charge on any atom is 0.229 e. The van der Waals surface area contributed by atoms with Gasteiger partial charge in [-0.25, -0.2) is 0 Å². The van der Waals surface area contributed by atoms with Crippen LogP contribution in [0.15, 0.2) is 65.6 Å². The minimum atomic E-state index is -0.188. The Morgan fingerprint density at radius 2 is 1.70 bits per heavy atom. The molecule has 3 nitrogen and oxygen atoms in total. The molecule has 0 saturated carbocycles. The maximum atomic E-state index is 12.9. The summed E-state index contributed by atoms with van der Waals surface area (Å²) in [6, 6.07) is 20.5. The van der Waals surface area contributed by atoms with Crippen molar-refractivity contribution >= 4 is 28.4 Å². The van der Waals surface area contributed by atoms with Gasteiger partial charge in [0.1, 0.15) is 5.75 Å². The molecule has 140 valence electrons. The second-order valence-electron chi connectivity index (χ2n) is 6.74. The lowest BCUT2D eigenvalue weighted by Gasteiger charge is -2.22. The highest BCUT2D eigenvalue weighted by Crippen LogP contribution is 2.26. The van der Waals surface area contributed by atoms with Gasteiger partial charge in [0.05, 0.1) is 13.0 Å². The quantitative estimate of drug-likeness (QED) is 0.542. The number of amides is 1. The summed E-state index contributed by atoms with van der Waals surface area (Å²) in [5, 5.41) is 2.23. The van der Waals surface area contributed by atoms with Crippen LogP contribution in [-0.4, -0.2) is 31.2 Å². The fourth-order valence-electron chi connectivity index (χ4n) is 3.19. The van der Waals surface area contributed by atoms with Gasteiger partial charge < -0.3 is 9.64 Å². The van der Waals surface area contributed by atoms with Gasteiger partial charge in [-0.05, 0) is 59.3 Å². The highest BCUT2D eigenvalue weighted by molar-refractivity contribution is 7.98. The van der Waals surface area contributed by atoms with Crippen molar-refractivity contribution in [2.24, 2.45) is 0 Å². The van der Waals surface area contributed by atoms with Gasteiger partial charge in [0.25, 0.3) is 0 Å². The fourth-order valence-corrected chi connectivity index (χ4v) is 3.60. The van der Waals surface area contributed by atoms with Gasteiger partial charge in [-0.1, -0.05) is 36.4 Å². The minimum Gasteiger partial charge on any atom is -0.497 e. The Kier molecular flexibility index (Phi) is 6.07. The average Bonchev–Trinajstić information content (AvgIpc) is 2.72. The third-order valence-electron chi connectivity index (χ3n) is 4.90. The Labute approximate surface area is 165 Å². The zero-order valence-corrected chi connectivity index (χ0v) is 17.0. The minimum absolute atomic E-state index is 0.122. The van der Waals surface area contributed by atoms with E-state index in [1.165, 1.54) is 4.90 Å². The number of methoxy groups -OCH3 is 1. The second kappa shape index (κ2) is 8.49. The largest absolute Gasteiger partial charge is 0.497 e. The number of hydrogen-bond acceptors (Lipinski definition) is 3. The van der Waals surface area contributed by atoms with Gasteiger partial charge in [-0.2, -0.15) is 0 Å². The lowest BCUT2D eigenvalue weighted by Crippen LogP contribution is -2.30. The van der Waals surface area contributed by atoms with Gasteiger partial charge in [0, 0.05) is 18.5 Å². The van der Waals surface area contributed by atoms with E-state index in [2.05, 4.69) is 42.7 Å². The molecule has 0 radical (unpaired) electrons. The van der Waals surface area contributed by atoms with E-state index in [-0.39, 0.29) is 11.8 Å². The molecule has 0 saturated heterocycles. The van der Waals surface area contributed by atoms with Gasteiger partial charge in [0.15, 0.2) is 0 Å². The van der Waals surface area contributed by atoms with E-state index in [9.17, 15) is 4.79 Å². The summed E-state index contributed by atoms with van der Waals surface area (Å²) in [5.74, 6) is 0.773. The monoisotopic (exact) mass is 379 g/mol. The summed E-state index contributed by atoms with van der Waals surface area (Å²) in [5.41, 5.74) is 2.17. The van der Waals surface area contributed by atoms with E-state index >= 15 is 0 Å². The van der Waals surface area contributed by atoms with Crippen molar-refractivity contribution in [3.05, 3.63) is 71.8 Å². The zero-order valence-electron chi connectivity index (χ0n) is 16.2. The number of fused-ring (bicyclic) bond motifs is 1. The number of carbonyl (C=O) groups excluding carboxylic acids is 1. The second-order valence-corrected chi connectivity index (χ2v) is 7.62. The number of hydrogen-bond donors (Lipinski definition) is 0. The first-order valence-corrected chi connectivity index (χ1v) is 10.2. The number of likely N-dealkylation sites (N-methyl/N-ethyl adjacent to an activating group) is 1. The molecule has 1 atom stereocenters. The lowest BCUT2D eigenvalue weighted by atomic mass is 9.96. The van der Waals surface area contributed by atoms with Crippen molar-refractivity contribution < 1.29 is 9.53 Å². The molecule has 1 amide bonds. The topological polar surface area (TPSA) is 29.5 Å². The summed E-state index contributed by atoms with van der Waals surface area (Å²) in [6.07, 6.45) is 2.06. The molecule has 4 heteroatoms. The third kappa shape index (κ3) is 4.45. The number of ether oxygens (including phenoxy) is 1. The van der Waals surface area contributed by atoms with Crippen molar-refractivity contribution in [1.82, 2.24) is 4.90 Å².